The Labute approximate surface area is 218 Å². The molecule has 1 aromatic carbocycles. The molecule has 1 fully saturated rings. The maximum Gasteiger partial charge on any atom is 0.264 e. The van der Waals surface area contributed by atoms with Gasteiger partial charge in [0, 0.05) is 73.7 Å². The SMILES string of the molecule is Cn1cc(-c2cc3c(cc2C(F)F)N(c2nn(C4CCC(F)(F)CC4)c4c2CN(C=O)CC4)CCC3)cn1. The van der Waals surface area contributed by atoms with Gasteiger partial charge in [0.2, 0.25) is 12.3 Å². The van der Waals surface area contributed by atoms with Gasteiger partial charge < -0.3 is 9.80 Å². The average molecular weight is 531 g/mol. The first-order chi connectivity index (χ1) is 18.2. The molecule has 1 aliphatic carbocycles. The second-order valence-corrected chi connectivity index (χ2v) is 10.6. The van der Waals surface area contributed by atoms with Crippen LogP contribution in [-0.2, 0) is 31.2 Å². The molecule has 1 amide bonds. The minimum atomic E-state index is -2.68. The van der Waals surface area contributed by atoms with Crippen molar-refractivity contribution in [3.8, 4) is 11.1 Å². The second kappa shape index (κ2) is 9.43. The van der Waals surface area contributed by atoms with Gasteiger partial charge in [-0.3, -0.25) is 14.2 Å². The van der Waals surface area contributed by atoms with Crippen molar-refractivity contribution >= 4 is 17.9 Å². The molecule has 2 aliphatic heterocycles. The molecule has 0 atom stereocenters. The predicted octanol–water partition coefficient (Wildman–Crippen LogP) is 5.57. The Balaban J connectivity index is 1.45. The van der Waals surface area contributed by atoms with Gasteiger partial charge in [-0.25, -0.2) is 17.6 Å². The van der Waals surface area contributed by atoms with Crippen LogP contribution in [0.4, 0.5) is 29.1 Å². The molecule has 0 N–H and O–H groups in total. The number of carbonyl (C=O) groups is 1. The molecule has 0 spiro atoms. The summed E-state index contributed by atoms with van der Waals surface area (Å²) in [7, 11) is 1.75. The van der Waals surface area contributed by atoms with Gasteiger partial charge in [0.25, 0.3) is 6.43 Å². The van der Waals surface area contributed by atoms with Crippen LogP contribution in [0, 0.1) is 0 Å². The Morgan fingerprint density at radius 3 is 2.61 bits per heavy atom. The third kappa shape index (κ3) is 4.35. The van der Waals surface area contributed by atoms with E-state index in [9.17, 15) is 22.4 Å². The quantitative estimate of drug-likeness (QED) is 0.320. The van der Waals surface area contributed by atoms with Gasteiger partial charge in [0.15, 0.2) is 5.82 Å². The molecule has 7 nitrogen and oxygen atoms in total. The Morgan fingerprint density at radius 1 is 1.13 bits per heavy atom. The van der Waals surface area contributed by atoms with Gasteiger partial charge in [0.05, 0.1) is 18.8 Å². The van der Waals surface area contributed by atoms with Crippen LogP contribution in [0.3, 0.4) is 0 Å². The maximum atomic E-state index is 14.3. The fourth-order valence-corrected chi connectivity index (χ4v) is 6.19. The standard InChI is InChI=1S/C27H30F4N6O/c1-34-14-18(13-32-34)20-11-17-3-2-9-36(24(17)12-21(20)25(28)29)26-22-15-35(16-38)10-6-23(22)37(33-26)19-4-7-27(30,31)8-5-19/h11-14,16,19,25H,2-10,15H2,1H3. The van der Waals surface area contributed by atoms with Crippen molar-refractivity contribution in [1.29, 1.82) is 0 Å². The van der Waals surface area contributed by atoms with Crippen LogP contribution in [0.2, 0.25) is 0 Å². The number of fused-ring (bicyclic) bond motifs is 2. The maximum absolute atomic E-state index is 14.3. The number of halogens is 4. The molecule has 4 heterocycles. The number of aromatic nitrogens is 4. The van der Waals surface area contributed by atoms with E-state index < -0.39 is 12.3 Å². The molecule has 11 heteroatoms. The highest BCUT2D eigenvalue weighted by Crippen LogP contribution is 2.45. The number of anilines is 2. The highest BCUT2D eigenvalue weighted by Gasteiger charge is 2.38. The van der Waals surface area contributed by atoms with Gasteiger partial charge in [-0.2, -0.15) is 10.2 Å². The van der Waals surface area contributed by atoms with Crippen molar-refractivity contribution in [2.75, 3.05) is 18.0 Å². The zero-order chi connectivity index (χ0) is 26.6. The summed E-state index contributed by atoms with van der Waals surface area (Å²) in [6.07, 6.45) is 3.89. The molecule has 3 aromatic rings. The van der Waals surface area contributed by atoms with Crippen LogP contribution in [0.15, 0.2) is 24.5 Å². The van der Waals surface area contributed by atoms with Crippen LogP contribution in [0.25, 0.3) is 11.1 Å². The molecular formula is C27H30F4N6O. The van der Waals surface area contributed by atoms with Gasteiger partial charge in [-0.1, -0.05) is 0 Å². The topological polar surface area (TPSA) is 59.2 Å². The number of benzene rings is 1. The van der Waals surface area contributed by atoms with Crippen molar-refractivity contribution in [3.05, 3.63) is 46.9 Å². The Bertz CT molecular complexity index is 1360. The van der Waals surface area contributed by atoms with Crippen LogP contribution < -0.4 is 4.90 Å². The Kier molecular flexibility index (Phi) is 6.19. The van der Waals surface area contributed by atoms with E-state index in [-0.39, 0.29) is 24.4 Å². The number of carbonyl (C=O) groups excluding carboxylic acids is 1. The number of hydrogen-bond donors (Lipinski definition) is 0. The van der Waals surface area contributed by atoms with Crippen LogP contribution in [0.1, 0.15) is 67.0 Å². The van der Waals surface area contributed by atoms with E-state index >= 15 is 0 Å². The summed E-state index contributed by atoms with van der Waals surface area (Å²) in [5.74, 6) is -2.01. The van der Waals surface area contributed by atoms with E-state index in [0.717, 1.165) is 36.1 Å². The van der Waals surface area contributed by atoms with Crippen molar-refractivity contribution < 1.29 is 22.4 Å². The first kappa shape index (κ1) is 24.9. The van der Waals surface area contributed by atoms with E-state index in [4.69, 9.17) is 5.10 Å². The minimum absolute atomic E-state index is 0.0685. The van der Waals surface area contributed by atoms with Gasteiger partial charge in [-0.15, -0.1) is 0 Å². The minimum Gasteiger partial charge on any atom is -0.340 e. The smallest absolute Gasteiger partial charge is 0.264 e. The molecule has 202 valence electrons. The molecule has 0 saturated heterocycles. The van der Waals surface area contributed by atoms with Crippen LogP contribution >= 0.6 is 0 Å². The van der Waals surface area contributed by atoms with Crippen LogP contribution in [0.5, 0.6) is 0 Å². The van der Waals surface area contributed by atoms with E-state index in [2.05, 4.69) is 5.10 Å². The molecule has 38 heavy (non-hydrogen) atoms. The lowest BCUT2D eigenvalue weighted by molar-refractivity contribution is -0.118. The largest absolute Gasteiger partial charge is 0.340 e. The number of alkyl halides is 4. The lowest BCUT2D eigenvalue weighted by atomic mass is 9.92. The molecule has 1 saturated carbocycles. The van der Waals surface area contributed by atoms with Crippen LogP contribution in [-0.4, -0.2) is 49.9 Å². The van der Waals surface area contributed by atoms with Crippen molar-refractivity contribution in [2.24, 2.45) is 7.05 Å². The third-order valence-corrected chi connectivity index (χ3v) is 8.15. The lowest BCUT2D eigenvalue weighted by Gasteiger charge is -2.33. The summed E-state index contributed by atoms with van der Waals surface area (Å²) in [4.78, 5) is 15.3. The van der Waals surface area contributed by atoms with E-state index in [1.807, 2.05) is 15.6 Å². The monoisotopic (exact) mass is 530 g/mol. The molecular weight excluding hydrogens is 500 g/mol. The zero-order valence-corrected chi connectivity index (χ0v) is 21.2. The summed E-state index contributed by atoms with van der Waals surface area (Å²) in [5, 5.41) is 9.12. The first-order valence-electron chi connectivity index (χ1n) is 13.1. The van der Waals surface area contributed by atoms with Crippen molar-refractivity contribution in [3.63, 3.8) is 0 Å². The highest BCUT2D eigenvalue weighted by atomic mass is 19.3. The fraction of sp³-hybridized carbons (Fsp3) is 0.519. The molecule has 3 aliphatic rings. The van der Waals surface area contributed by atoms with Gasteiger partial charge >= 0.3 is 0 Å². The van der Waals surface area contributed by atoms with Crippen molar-refractivity contribution in [2.45, 2.75) is 69.9 Å². The normalized spacial score (nSPS) is 19.5. The van der Waals surface area contributed by atoms with Gasteiger partial charge in [0.1, 0.15) is 0 Å². The van der Waals surface area contributed by atoms with E-state index in [1.54, 1.807) is 35.1 Å². The zero-order valence-electron chi connectivity index (χ0n) is 21.2. The average Bonchev–Trinajstić information content (AvgIpc) is 3.51. The third-order valence-electron chi connectivity index (χ3n) is 8.15. The molecule has 0 unspecified atom stereocenters. The number of hydrogen-bond acceptors (Lipinski definition) is 4. The summed E-state index contributed by atoms with van der Waals surface area (Å²) in [5.41, 5.74) is 4.51. The summed E-state index contributed by atoms with van der Waals surface area (Å²) >= 11 is 0. The lowest BCUT2D eigenvalue weighted by Crippen LogP contribution is -2.32. The van der Waals surface area contributed by atoms with Crippen molar-refractivity contribution in [1.82, 2.24) is 24.5 Å². The molecule has 0 radical (unpaired) electrons. The number of aryl methyl sites for hydroxylation is 2. The first-order valence-corrected chi connectivity index (χ1v) is 13.1. The Hall–Kier alpha value is -3.37. The van der Waals surface area contributed by atoms with E-state index in [1.165, 1.54) is 0 Å². The second-order valence-electron chi connectivity index (χ2n) is 10.6. The fourth-order valence-electron chi connectivity index (χ4n) is 6.19. The van der Waals surface area contributed by atoms with E-state index in [0.29, 0.717) is 61.5 Å². The summed E-state index contributed by atoms with van der Waals surface area (Å²) in [6.45, 7) is 1.48. The molecule has 6 rings (SSSR count). The summed E-state index contributed by atoms with van der Waals surface area (Å²) in [6, 6.07) is 3.26. The molecule has 2 aromatic heterocycles. The van der Waals surface area contributed by atoms with Gasteiger partial charge in [-0.05, 0) is 48.9 Å². The highest BCUT2D eigenvalue weighted by molar-refractivity contribution is 5.77. The number of amides is 1. The molecule has 0 bridgehead atoms. The number of rotatable bonds is 5. The Morgan fingerprint density at radius 2 is 1.92 bits per heavy atom. The predicted molar refractivity (Wildman–Crippen MR) is 134 cm³/mol. The summed E-state index contributed by atoms with van der Waals surface area (Å²) < 4.78 is 59.9. The number of nitrogens with zero attached hydrogens (tertiary/aromatic N) is 6.